The van der Waals surface area contributed by atoms with Crippen molar-refractivity contribution in [2.24, 2.45) is 5.73 Å². The smallest absolute Gasteiger partial charge is 0.179 e. The second-order valence-corrected chi connectivity index (χ2v) is 4.48. The fourth-order valence-corrected chi connectivity index (χ4v) is 2.23. The molecule has 0 spiro atoms. The molecule has 3 rings (SSSR count). The van der Waals surface area contributed by atoms with E-state index in [0.29, 0.717) is 29.7 Å². The highest BCUT2D eigenvalue weighted by atomic mass is 35.5. The third-order valence-electron chi connectivity index (χ3n) is 2.88. The van der Waals surface area contributed by atoms with E-state index in [-0.39, 0.29) is 12.2 Å². The van der Waals surface area contributed by atoms with Gasteiger partial charge in [-0.3, -0.25) is 0 Å². The highest BCUT2D eigenvalue weighted by molar-refractivity contribution is 6.32. The van der Waals surface area contributed by atoms with Crippen LogP contribution in [0.5, 0.6) is 11.5 Å². The molecule has 18 heavy (non-hydrogen) atoms. The third kappa shape index (κ3) is 2.12. The summed E-state index contributed by atoms with van der Waals surface area (Å²) in [6.07, 6.45) is -0.149. The largest absolute Gasteiger partial charge is 0.486 e. The number of hydrogen-bond acceptors (Lipinski definition) is 7. The summed E-state index contributed by atoms with van der Waals surface area (Å²) < 4.78 is 11.0. The third-order valence-corrected chi connectivity index (χ3v) is 3.16. The van der Waals surface area contributed by atoms with Crippen molar-refractivity contribution in [3.63, 3.8) is 0 Å². The summed E-state index contributed by atoms with van der Waals surface area (Å²) in [5.41, 5.74) is 18.3. The lowest BCUT2D eigenvalue weighted by atomic mass is 10.0. The first kappa shape index (κ1) is 12.0. The Morgan fingerprint density at radius 3 is 2.72 bits per heavy atom. The first-order valence-electron chi connectivity index (χ1n) is 5.61. The maximum Gasteiger partial charge on any atom is 0.179 e. The minimum atomic E-state index is -0.291. The predicted octanol–water partition coefficient (Wildman–Crippen LogP) is -0.446. The molecule has 1 aromatic carbocycles. The van der Waals surface area contributed by atoms with Crippen LogP contribution in [0.15, 0.2) is 12.1 Å². The average Bonchev–Trinajstić information content (AvgIpc) is 2.91. The van der Waals surface area contributed by atoms with Crippen molar-refractivity contribution < 1.29 is 9.47 Å². The standard InChI is InChI=1S/C10H14ClN5O2/c11-6-3-5(8(12)10-13-15-16-14-10)4-7-9(6)18-2-1-17-7/h3-4,8,10,13-16H,1-2,12H2. The number of nitrogens with two attached hydrogens (primary N) is 1. The quantitative estimate of drug-likeness (QED) is 0.498. The maximum absolute atomic E-state index is 6.17. The molecule has 1 unspecified atom stereocenters. The van der Waals surface area contributed by atoms with Crippen LogP contribution >= 0.6 is 11.6 Å². The predicted molar refractivity (Wildman–Crippen MR) is 65.7 cm³/mol. The van der Waals surface area contributed by atoms with Crippen molar-refractivity contribution >= 4 is 11.6 Å². The van der Waals surface area contributed by atoms with E-state index in [1.807, 2.05) is 6.07 Å². The molecule has 0 amide bonds. The van der Waals surface area contributed by atoms with E-state index in [2.05, 4.69) is 21.9 Å². The Balaban J connectivity index is 1.90. The van der Waals surface area contributed by atoms with Crippen molar-refractivity contribution in [1.82, 2.24) is 21.9 Å². The minimum Gasteiger partial charge on any atom is -0.486 e. The van der Waals surface area contributed by atoms with Crippen LogP contribution in [0, 0.1) is 0 Å². The molecular weight excluding hydrogens is 258 g/mol. The van der Waals surface area contributed by atoms with Crippen molar-refractivity contribution in [3.05, 3.63) is 22.7 Å². The van der Waals surface area contributed by atoms with E-state index in [1.165, 1.54) is 0 Å². The molecule has 2 aliphatic heterocycles. The molecular formula is C10H14ClN5O2. The highest BCUT2D eigenvalue weighted by Crippen LogP contribution is 2.39. The Kier molecular flexibility index (Phi) is 3.25. The summed E-state index contributed by atoms with van der Waals surface area (Å²) in [6, 6.07) is 3.36. The zero-order chi connectivity index (χ0) is 12.5. The van der Waals surface area contributed by atoms with Crippen LogP contribution < -0.4 is 37.1 Å². The van der Waals surface area contributed by atoms with Crippen molar-refractivity contribution in [2.75, 3.05) is 13.2 Å². The van der Waals surface area contributed by atoms with Crippen molar-refractivity contribution in [1.29, 1.82) is 0 Å². The van der Waals surface area contributed by atoms with E-state index in [1.54, 1.807) is 6.07 Å². The number of nitrogens with one attached hydrogen (secondary N) is 4. The zero-order valence-corrected chi connectivity index (χ0v) is 10.3. The van der Waals surface area contributed by atoms with Crippen LogP contribution in [0.4, 0.5) is 0 Å². The van der Waals surface area contributed by atoms with Gasteiger partial charge in [-0.25, -0.2) is 10.9 Å². The van der Waals surface area contributed by atoms with Gasteiger partial charge in [-0.2, -0.15) is 11.1 Å². The first-order valence-corrected chi connectivity index (χ1v) is 5.99. The monoisotopic (exact) mass is 271 g/mol. The molecule has 98 valence electrons. The van der Waals surface area contributed by atoms with Crippen LogP contribution in [-0.2, 0) is 0 Å². The molecule has 1 saturated heterocycles. The van der Waals surface area contributed by atoms with Crippen molar-refractivity contribution in [2.45, 2.75) is 12.2 Å². The highest BCUT2D eigenvalue weighted by Gasteiger charge is 2.25. The zero-order valence-electron chi connectivity index (χ0n) is 9.50. The second-order valence-electron chi connectivity index (χ2n) is 4.07. The Labute approximate surface area is 109 Å². The van der Waals surface area contributed by atoms with Crippen molar-refractivity contribution in [3.8, 4) is 11.5 Å². The number of fused-ring (bicyclic) bond motifs is 1. The molecule has 7 nitrogen and oxygen atoms in total. The van der Waals surface area contributed by atoms with Gasteiger partial charge in [0.15, 0.2) is 11.5 Å². The molecule has 2 heterocycles. The Morgan fingerprint density at radius 2 is 1.94 bits per heavy atom. The number of ether oxygens (including phenoxy) is 2. The van der Waals surface area contributed by atoms with Crippen LogP contribution in [-0.4, -0.2) is 19.4 Å². The van der Waals surface area contributed by atoms with Gasteiger partial charge in [0.2, 0.25) is 0 Å². The summed E-state index contributed by atoms with van der Waals surface area (Å²) in [6.45, 7) is 1.03. The van der Waals surface area contributed by atoms with E-state index in [9.17, 15) is 0 Å². The number of halogens is 1. The fourth-order valence-electron chi connectivity index (χ4n) is 1.96. The van der Waals surface area contributed by atoms with Gasteiger partial charge in [0.25, 0.3) is 0 Å². The van der Waals surface area contributed by atoms with Crippen LogP contribution in [0.2, 0.25) is 5.02 Å². The molecule has 0 bridgehead atoms. The molecule has 0 aliphatic carbocycles. The second kappa shape index (κ2) is 4.88. The van der Waals surface area contributed by atoms with Gasteiger partial charge < -0.3 is 15.2 Å². The summed E-state index contributed by atoms with van der Waals surface area (Å²) >= 11 is 6.17. The average molecular weight is 272 g/mol. The molecule has 8 heteroatoms. The molecule has 0 aromatic heterocycles. The molecule has 1 aromatic rings. The summed E-state index contributed by atoms with van der Waals surface area (Å²) in [7, 11) is 0. The first-order chi connectivity index (χ1) is 8.75. The van der Waals surface area contributed by atoms with E-state index in [0.717, 1.165) is 5.56 Å². The van der Waals surface area contributed by atoms with Gasteiger partial charge in [0, 0.05) is 0 Å². The molecule has 6 N–H and O–H groups in total. The Morgan fingerprint density at radius 1 is 1.22 bits per heavy atom. The molecule has 1 fully saturated rings. The molecule has 0 radical (unpaired) electrons. The van der Waals surface area contributed by atoms with Crippen LogP contribution in [0.1, 0.15) is 11.6 Å². The number of rotatable bonds is 2. The van der Waals surface area contributed by atoms with Gasteiger partial charge in [0.05, 0.1) is 11.1 Å². The minimum absolute atomic E-state index is 0.149. The Bertz CT molecular complexity index is 452. The summed E-state index contributed by atoms with van der Waals surface area (Å²) in [5, 5.41) is 0.511. The van der Waals surface area contributed by atoms with Crippen LogP contribution in [0.3, 0.4) is 0 Å². The van der Waals surface area contributed by atoms with Crippen LogP contribution in [0.25, 0.3) is 0 Å². The summed E-state index contributed by atoms with van der Waals surface area (Å²) in [4.78, 5) is 0. The van der Waals surface area contributed by atoms with E-state index >= 15 is 0 Å². The molecule has 2 aliphatic rings. The summed E-state index contributed by atoms with van der Waals surface area (Å²) in [5.74, 6) is 1.22. The van der Waals surface area contributed by atoms with Gasteiger partial charge >= 0.3 is 0 Å². The normalized spacial score (nSPS) is 21.0. The molecule has 0 saturated carbocycles. The van der Waals surface area contributed by atoms with E-state index < -0.39 is 0 Å². The lowest BCUT2D eigenvalue weighted by Gasteiger charge is -2.23. The van der Waals surface area contributed by atoms with Gasteiger partial charge in [0.1, 0.15) is 19.4 Å². The van der Waals surface area contributed by atoms with Gasteiger partial charge in [-0.1, -0.05) is 11.6 Å². The number of benzene rings is 1. The number of hydrogen-bond donors (Lipinski definition) is 5. The van der Waals surface area contributed by atoms with E-state index in [4.69, 9.17) is 26.8 Å². The topological polar surface area (TPSA) is 92.6 Å². The maximum atomic E-state index is 6.17. The van der Waals surface area contributed by atoms with Gasteiger partial charge in [-0.15, -0.1) is 0 Å². The number of hydrazine groups is 3. The fraction of sp³-hybridized carbons (Fsp3) is 0.400. The molecule has 1 atom stereocenters. The van der Waals surface area contributed by atoms with Gasteiger partial charge in [-0.05, 0) is 17.7 Å². The Hall–Kier alpha value is -1.09. The lowest BCUT2D eigenvalue weighted by molar-refractivity contribution is 0.171. The SMILES string of the molecule is NC(c1cc(Cl)c2c(c1)OCCO2)C1NNNN1. The lowest BCUT2D eigenvalue weighted by Crippen LogP contribution is -2.43.